The van der Waals surface area contributed by atoms with Crippen LogP contribution in [0, 0.1) is 0 Å². The lowest BCUT2D eigenvalue weighted by Crippen LogP contribution is -2.20. The molecule has 2 aromatic rings. The molecule has 0 amide bonds. The van der Waals surface area contributed by atoms with Gasteiger partial charge in [0.25, 0.3) is 0 Å². The van der Waals surface area contributed by atoms with E-state index in [4.69, 9.17) is 0 Å². The Balaban J connectivity index is 2.10. The van der Waals surface area contributed by atoms with Gasteiger partial charge in [0.05, 0.1) is 0 Å². The zero-order valence-corrected chi connectivity index (χ0v) is 13.9. The molecule has 1 unspecified atom stereocenters. The van der Waals surface area contributed by atoms with Gasteiger partial charge in [-0.05, 0) is 49.3 Å². The molecule has 1 aliphatic rings. The summed E-state index contributed by atoms with van der Waals surface area (Å²) in [6.07, 6.45) is 9.15. The monoisotopic (exact) mass is 307 g/mol. The summed E-state index contributed by atoms with van der Waals surface area (Å²) >= 11 is 0. The normalized spacial score (nSPS) is 15.4. The summed E-state index contributed by atoms with van der Waals surface area (Å²) in [6, 6.07) is 19.9. The number of nitrogens with one attached hydrogen (secondary N) is 1. The fourth-order valence-electron chi connectivity index (χ4n) is 2.88. The van der Waals surface area contributed by atoms with Crippen LogP contribution < -0.4 is 15.9 Å². The molecule has 1 nitrogen and oxygen atoms in total. The number of hydrogen-bond donors (Lipinski definition) is 1. The number of rotatable bonds is 5. The smallest absolute Gasteiger partial charge is 0.0209 e. The molecular weight excluding hydrogens is 285 g/mol. The van der Waals surface area contributed by atoms with E-state index in [-0.39, 0.29) is 0 Å². The van der Waals surface area contributed by atoms with Gasteiger partial charge in [-0.1, -0.05) is 72.8 Å². The van der Waals surface area contributed by atoms with Crippen LogP contribution in [0.3, 0.4) is 0 Å². The molecule has 3 rings (SSSR count). The molecule has 0 bridgehead atoms. The summed E-state index contributed by atoms with van der Waals surface area (Å²) in [6.45, 7) is 0.922. The molecule has 2 heteroatoms. The Morgan fingerprint density at radius 2 is 1.77 bits per heavy atom. The van der Waals surface area contributed by atoms with Gasteiger partial charge in [0.2, 0.25) is 0 Å². The number of hydrogen-bond acceptors (Lipinski definition) is 1. The molecule has 22 heavy (non-hydrogen) atoms. The predicted molar refractivity (Wildman–Crippen MR) is 98.3 cm³/mol. The van der Waals surface area contributed by atoms with E-state index in [2.05, 4.69) is 78.1 Å². The first-order chi connectivity index (χ1) is 10.9. The lowest BCUT2D eigenvalue weighted by Gasteiger charge is -2.25. The van der Waals surface area contributed by atoms with Crippen LogP contribution in [-0.4, -0.2) is 7.05 Å². The van der Waals surface area contributed by atoms with Crippen LogP contribution in [0.4, 0.5) is 0 Å². The molecule has 1 atom stereocenters. The summed E-state index contributed by atoms with van der Waals surface area (Å²) in [5.41, 5.74) is 1.41. The van der Waals surface area contributed by atoms with E-state index in [1.54, 1.807) is 5.31 Å². The summed E-state index contributed by atoms with van der Waals surface area (Å²) in [4.78, 5) is 0. The average molecular weight is 307 g/mol. The minimum Gasteiger partial charge on any atom is -0.316 e. The summed E-state index contributed by atoms with van der Waals surface area (Å²) in [7, 11) is 1.59. The Labute approximate surface area is 134 Å². The molecule has 1 N–H and O–H groups in total. The third kappa shape index (κ3) is 3.38. The van der Waals surface area contributed by atoms with Crippen molar-refractivity contribution in [3.8, 4) is 0 Å². The summed E-state index contributed by atoms with van der Waals surface area (Å²) < 4.78 is 0. The molecule has 0 radical (unpaired) electrons. The van der Waals surface area contributed by atoms with Crippen LogP contribution in [-0.2, 0) is 6.54 Å². The number of benzene rings is 2. The van der Waals surface area contributed by atoms with Crippen LogP contribution in [0.5, 0.6) is 0 Å². The first-order valence-electron chi connectivity index (χ1n) is 7.83. The van der Waals surface area contributed by atoms with E-state index in [9.17, 15) is 0 Å². The van der Waals surface area contributed by atoms with Gasteiger partial charge in [-0.2, -0.15) is 0 Å². The second-order valence-corrected chi connectivity index (χ2v) is 7.70. The fraction of sp³-hybridized carbons (Fsp3) is 0.200. The second kappa shape index (κ2) is 7.54. The van der Waals surface area contributed by atoms with Crippen molar-refractivity contribution in [1.82, 2.24) is 5.32 Å². The van der Waals surface area contributed by atoms with Crippen molar-refractivity contribution in [3.63, 3.8) is 0 Å². The minimum absolute atomic E-state index is 0.432. The van der Waals surface area contributed by atoms with Crippen molar-refractivity contribution in [2.75, 3.05) is 7.05 Å². The van der Waals surface area contributed by atoms with Gasteiger partial charge in [-0.15, -0.1) is 0 Å². The molecule has 2 aromatic carbocycles. The molecule has 0 aromatic heterocycles. The fourth-order valence-corrected chi connectivity index (χ4v) is 5.54. The third-order valence-electron chi connectivity index (χ3n) is 3.89. The molecular formula is C20H22NP. The zero-order valence-electron chi connectivity index (χ0n) is 13.0. The average Bonchev–Trinajstić information content (AvgIpc) is 2.59. The van der Waals surface area contributed by atoms with Crippen molar-refractivity contribution in [2.24, 2.45) is 0 Å². The largest absolute Gasteiger partial charge is 0.316 e. The van der Waals surface area contributed by atoms with E-state index in [0.29, 0.717) is 0 Å². The topological polar surface area (TPSA) is 12.0 Å². The predicted octanol–water partition coefficient (Wildman–Crippen LogP) is 4.07. The van der Waals surface area contributed by atoms with Crippen molar-refractivity contribution in [1.29, 1.82) is 0 Å². The Morgan fingerprint density at radius 1 is 1.00 bits per heavy atom. The van der Waals surface area contributed by atoms with Crippen LogP contribution >= 0.6 is 7.92 Å². The van der Waals surface area contributed by atoms with Crippen LogP contribution in [0.1, 0.15) is 18.4 Å². The Kier molecular flexibility index (Phi) is 5.21. The second-order valence-electron chi connectivity index (χ2n) is 5.45. The van der Waals surface area contributed by atoms with E-state index in [1.165, 1.54) is 22.6 Å². The molecule has 0 saturated heterocycles. The van der Waals surface area contributed by atoms with Gasteiger partial charge in [0, 0.05) is 6.54 Å². The van der Waals surface area contributed by atoms with E-state index < -0.39 is 7.92 Å². The molecule has 0 heterocycles. The summed E-state index contributed by atoms with van der Waals surface area (Å²) in [5.74, 6) is 0. The van der Waals surface area contributed by atoms with Crippen molar-refractivity contribution in [3.05, 3.63) is 83.7 Å². The highest BCUT2D eigenvalue weighted by Gasteiger charge is 2.21. The zero-order chi connectivity index (χ0) is 15.2. The Morgan fingerprint density at radius 3 is 2.50 bits per heavy atom. The highest BCUT2D eigenvalue weighted by atomic mass is 31.1. The Hall–Kier alpha value is -1.69. The molecule has 0 fully saturated rings. The van der Waals surface area contributed by atoms with E-state index in [1.807, 2.05) is 7.05 Å². The molecule has 0 aliphatic heterocycles. The van der Waals surface area contributed by atoms with Crippen LogP contribution in [0.15, 0.2) is 78.1 Å². The molecule has 0 saturated carbocycles. The first-order valence-corrected chi connectivity index (χ1v) is 9.17. The maximum Gasteiger partial charge on any atom is 0.0209 e. The number of allylic oxidation sites excluding steroid dienone is 4. The van der Waals surface area contributed by atoms with Gasteiger partial charge >= 0.3 is 0 Å². The molecule has 1 aliphatic carbocycles. The lowest BCUT2D eigenvalue weighted by molar-refractivity contribution is 0.822. The van der Waals surface area contributed by atoms with Crippen molar-refractivity contribution in [2.45, 2.75) is 19.4 Å². The van der Waals surface area contributed by atoms with Gasteiger partial charge in [0.1, 0.15) is 0 Å². The van der Waals surface area contributed by atoms with Gasteiger partial charge in [-0.25, -0.2) is 0 Å². The maximum absolute atomic E-state index is 3.31. The van der Waals surface area contributed by atoms with Gasteiger partial charge in [0.15, 0.2) is 0 Å². The van der Waals surface area contributed by atoms with Crippen molar-refractivity contribution >= 4 is 18.5 Å². The van der Waals surface area contributed by atoms with E-state index in [0.717, 1.165) is 13.0 Å². The molecule has 112 valence electrons. The minimum atomic E-state index is -0.432. The Bertz CT molecular complexity index is 673. The van der Waals surface area contributed by atoms with Gasteiger partial charge in [-0.3, -0.25) is 0 Å². The van der Waals surface area contributed by atoms with Crippen LogP contribution in [0.2, 0.25) is 0 Å². The molecule has 0 spiro atoms. The van der Waals surface area contributed by atoms with Crippen LogP contribution in [0.25, 0.3) is 0 Å². The first kappa shape index (κ1) is 15.2. The third-order valence-corrected chi connectivity index (χ3v) is 6.57. The maximum atomic E-state index is 3.31. The quantitative estimate of drug-likeness (QED) is 0.821. The highest BCUT2D eigenvalue weighted by Crippen LogP contribution is 2.46. The highest BCUT2D eigenvalue weighted by molar-refractivity contribution is 7.76. The SMILES string of the molecule is CNCc1ccccc1P(C1=CC=CCC1)c1ccccc1. The van der Waals surface area contributed by atoms with Crippen molar-refractivity contribution < 1.29 is 0 Å². The standard InChI is InChI=1S/C20H22NP/c1-21-16-17-10-8-9-15-20(17)22(18-11-4-2-5-12-18)19-13-6-3-7-14-19/h2-6,8-13,15,21H,7,14,16H2,1H3. The lowest BCUT2D eigenvalue weighted by atomic mass is 10.2. The van der Waals surface area contributed by atoms with E-state index >= 15 is 0 Å². The summed E-state index contributed by atoms with van der Waals surface area (Å²) in [5, 5.41) is 7.82. The van der Waals surface area contributed by atoms with Gasteiger partial charge < -0.3 is 5.32 Å².